The maximum atomic E-state index is 13.6. The summed E-state index contributed by atoms with van der Waals surface area (Å²) in [4.78, 5) is 33.1. The van der Waals surface area contributed by atoms with Crippen molar-refractivity contribution >= 4 is 39.7 Å². The Labute approximate surface area is 253 Å². The number of rotatable bonds is 8. The zero-order chi connectivity index (χ0) is 30.5. The van der Waals surface area contributed by atoms with Crippen LogP contribution in [0.25, 0.3) is 21.3 Å². The number of halogens is 4. The molecule has 1 fully saturated rings. The van der Waals surface area contributed by atoms with Gasteiger partial charge in [0.25, 0.3) is 12.0 Å². The molecule has 4 heterocycles. The fourth-order valence-corrected chi connectivity index (χ4v) is 7.44. The highest BCUT2D eigenvalue weighted by Crippen LogP contribution is 2.41. The minimum atomic E-state index is -2.91. The second-order valence-electron chi connectivity index (χ2n) is 11.2. The topological polar surface area (TPSA) is 105 Å². The summed E-state index contributed by atoms with van der Waals surface area (Å²) in [5.41, 5.74) is 2.19. The van der Waals surface area contributed by atoms with E-state index in [2.05, 4.69) is 21.5 Å². The lowest BCUT2D eigenvalue weighted by Crippen LogP contribution is -2.50. The zero-order valence-electron chi connectivity index (χ0n) is 23.3. The van der Waals surface area contributed by atoms with Gasteiger partial charge in [-0.05, 0) is 61.6 Å². The van der Waals surface area contributed by atoms with Gasteiger partial charge in [-0.15, -0.1) is 16.4 Å². The number of aromatic nitrogens is 4. The number of thiophene rings is 1. The Hall–Kier alpha value is -3.26. The van der Waals surface area contributed by atoms with E-state index in [-0.39, 0.29) is 44.1 Å². The molecule has 0 radical (unpaired) electrons. The van der Waals surface area contributed by atoms with E-state index in [9.17, 15) is 27.9 Å². The molecule has 0 bridgehead atoms. The molecule has 1 amide bonds. The zero-order valence-corrected chi connectivity index (χ0v) is 24.8. The van der Waals surface area contributed by atoms with E-state index in [1.165, 1.54) is 27.1 Å². The summed E-state index contributed by atoms with van der Waals surface area (Å²) >= 11 is 8.05. The summed E-state index contributed by atoms with van der Waals surface area (Å²) in [6.45, 7) is 0.222. The normalized spacial score (nSPS) is 18.9. The van der Waals surface area contributed by atoms with Crippen molar-refractivity contribution in [1.82, 2.24) is 29.5 Å². The molecule has 2 N–H and O–H groups in total. The molecule has 1 aliphatic carbocycles. The monoisotopic (exact) mass is 634 g/mol. The highest BCUT2D eigenvalue weighted by molar-refractivity contribution is 7.15. The predicted molar refractivity (Wildman–Crippen MR) is 157 cm³/mol. The minimum Gasteiger partial charge on any atom is -0.388 e. The van der Waals surface area contributed by atoms with Gasteiger partial charge in [0, 0.05) is 41.8 Å². The van der Waals surface area contributed by atoms with Crippen LogP contribution in [0.4, 0.5) is 13.2 Å². The second-order valence-corrected chi connectivity index (χ2v) is 12.5. The maximum absolute atomic E-state index is 13.6. The number of carbonyl (C=O) groups is 1. The molecule has 2 aliphatic rings. The van der Waals surface area contributed by atoms with Gasteiger partial charge in [-0.1, -0.05) is 11.6 Å². The van der Waals surface area contributed by atoms with Gasteiger partial charge in [-0.3, -0.25) is 18.8 Å². The van der Waals surface area contributed by atoms with Gasteiger partial charge in [0.15, 0.2) is 0 Å². The number of hydrogen-bond donors (Lipinski definition) is 2. The van der Waals surface area contributed by atoms with Crippen LogP contribution in [0, 0.1) is 5.95 Å². The van der Waals surface area contributed by atoms with Crippen molar-refractivity contribution < 1.29 is 23.1 Å². The summed E-state index contributed by atoms with van der Waals surface area (Å²) in [5, 5.41) is 20.9. The molecular formula is C29H30ClF3N6O3S. The van der Waals surface area contributed by atoms with Crippen LogP contribution < -0.4 is 10.9 Å². The highest BCUT2D eigenvalue weighted by atomic mass is 35.5. The van der Waals surface area contributed by atoms with E-state index in [0.29, 0.717) is 15.9 Å². The standard InChI is InChI=1S/C29H30ClF3N6O3S/c1-34-21-3-2-17-18(21)10-16(11-20(17)30)26-25-19(13-43-26)28(41)38(15-35-25)14-29(42)5-8-37(9-6-29)24(40)12-22(27(32)33)39-7-4-23(31)36-39/h4,7,10-11,13,15,21-22,27,34,42H,2-3,5-6,8-9,12,14H2,1H3. The Morgan fingerprint density at radius 3 is 2.74 bits per heavy atom. The molecule has 1 aromatic carbocycles. The molecule has 2 atom stereocenters. The Morgan fingerprint density at radius 1 is 1.30 bits per heavy atom. The maximum Gasteiger partial charge on any atom is 0.262 e. The molecule has 14 heteroatoms. The number of hydrogen-bond acceptors (Lipinski definition) is 7. The quantitative estimate of drug-likeness (QED) is 0.294. The number of alkyl halides is 2. The fourth-order valence-electron chi connectivity index (χ4n) is 6.14. The van der Waals surface area contributed by atoms with E-state index in [1.54, 1.807) is 5.38 Å². The fraction of sp³-hybridized carbons (Fsp3) is 0.448. The number of benzene rings is 1. The van der Waals surface area contributed by atoms with E-state index in [0.717, 1.165) is 51.4 Å². The molecule has 0 saturated carbocycles. The van der Waals surface area contributed by atoms with Crippen LogP contribution in [0.2, 0.25) is 5.02 Å². The van der Waals surface area contributed by atoms with E-state index < -0.39 is 36.3 Å². The average Bonchev–Trinajstić information content (AvgIpc) is 3.71. The van der Waals surface area contributed by atoms with Crippen LogP contribution in [0.5, 0.6) is 0 Å². The van der Waals surface area contributed by atoms with Crippen LogP contribution in [0.15, 0.2) is 40.9 Å². The van der Waals surface area contributed by atoms with Crippen LogP contribution in [-0.4, -0.2) is 67.4 Å². The van der Waals surface area contributed by atoms with Gasteiger partial charge in [0.2, 0.25) is 11.9 Å². The van der Waals surface area contributed by atoms with Crippen molar-refractivity contribution in [2.45, 2.75) is 62.8 Å². The second kappa shape index (κ2) is 11.7. The molecule has 3 aromatic heterocycles. The van der Waals surface area contributed by atoms with Crippen molar-refractivity contribution in [1.29, 1.82) is 0 Å². The average molecular weight is 635 g/mol. The Kier molecular flexibility index (Phi) is 8.09. The first kappa shape index (κ1) is 29.8. The number of carbonyl (C=O) groups excluding carboxylic acids is 1. The third kappa shape index (κ3) is 5.70. The Bertz CT molecular complexity index is 1730. The molecule has 228 valence electrons. The van der Waals surface area contributed by atoms with Gasteiger partial charge in [-0.25, -0.2) is 13.8 Å². The first-order chi connectivity index (χ1) is 20.6. The number of fused-ring (bicyclic) bond motifs is 2. The van der Waals surface area contributed by atoms with Crippen molar-refractivity contribution in [3.8, 4) is 10.4 Å². The first-order valence-corrected chi connectivity index (χ1v) is 15.3. The number of piperidine rings is 1. The van der Waals surface area contributed by atoms with Crippen molar-refractivity contribution in [3.05, 3.63) is 68.6 Å². The number of nitrogens with one attached hydrogen (secondary N) is 1. The summed E-state index contributed by atoms with van der Waals surface area (Å²) in [5.74, 6) is -1.44. The largest absolute Gasteiger partial charge is 0.388 e. The molecule has 1 saturated heterocycles. The van der Waals surface area contributed by atoms with E-state index in [4.69, 9.17) is 11.6 Å². The Balaban J connectivity index is 1.15. The number of likely N-dealkylation sites (tertiary alicyclic amines) is 1. The third-order valence-electron chi connectivity index (χ3n) is 8.58. The van der Waals surface area contributed by atoms with Gasteiger partial charge in [0.1, 0.15) is 6.04 Å². The molecule has 4 aromatic rings. The van der Waals surface area contributed by atoms with Gasteiger partial charge in [0.05, 0.1) is 40.7 Å². The van der Waals surface area contributed by atoms with Gasteiger partial charge >= 0.3 is 0 Å². The number of aliphatic hydroxyl groups is 1. The molecule has 9 nitrogen and oxygen atoms in total. The van der Waals surface area contributed by atoms with Crippen LogP contribution in [0.3, 0.4) is 0 Å². The number of amides is 1. The summed E-state index contributed by atoms with van der Waals surface area (Å²) in [6, 6.07) is 3.61. The SMILES string of the molecule is CNC1CCc2c(Cl)cc(-c3scc4c(=O)n(CC5(O)CCN(C(=O)CC(C(F)F)n6ccc(F)n6)CC5)cnc34)cc21. The minimum absolute atomic E-state index is 0.0251. The summed E-state index contributed by atoms with van der Waals surface area (Å²) in [7, 11) is 1.93. The van der Waals surface area contributed by atoms with Crippen LogP contribution in [-0.2, 0) is 17.8 Å². The molecule has 43 heavy (non-hydrogen) atoms. The van der Waals surface area contributed by atoms with E-state index in [1.807, 2.05) is 13.1 Å². The van der Waals surface area contributed by atoms with E-state index >= 15 is 0 Å². The van der Waals surface area contributed by atoms with Crippen molar-refractivity contribution in [2.24, 2.45) is 0 Å². The number of nitrogens with zero attached hydrogens (tertiary/aromatic N) is 5. The van der Waals surface area contributed by atoms with Crippen LogP contribution >= 0.6 is 22.9 Å². The van der Waals surface area contributed by atoms with Gasteiger partial charge < -0.3 is 15.3 Å². The highest BCUT2D eigenvalue weighted by Gasteiger charge is 2.36. The first-order valence-electron chi connectivity index (χ1n) is 14.0. The molecule has 2 unspecified atom stereocenters. The smallest absolute Gasteiger partial charge is 0.262 e. The lowest BCUT2D eigenvalue weighted by Gasteiger charge is -2.38. The van der Waals surface area contributed by atoms with Crippen molar-refractivity contribution in [2.75, 3.05) is 20.1 Å². The molecule has 6 rings (SSSR count). The van der Waals surface area contributed by atoms with Crippen molar-refractivity contribution in [3.63, 3.8) is 0 Å². The summed E-state index contributed by atoms with van der Waals surface area (Å²) in [6.07, 6.45) is 1.21. The van der Waals surface area contributed by atoms with Crippen LogP contribution in [0.1, 0.15) is 48.9 Å². The lowest BCUT2D eigenvalue weighted by molar-refractivity contribution is -0.138. The lowest BCUT2D eigenvalue weighted by atomic mass is 9.91. The third-order valence-corrected chi connectivity index (χ3v) is 9.94. The predicted octanol–water partition coefficient (Wildman–Crippen LogP) is 4.57. The summed E-state index contributed by atoms with van der Waals surface area (Å²) < 4.78 is 42.6. The van der Waals surface area contributed by atoms with Gasteiger partial charge in [-0.2, -0.15) is 4.39 Å². The molecule has 0 spiro atoms. The Morgan fingerprint density at radius 2 is 2.07 bits per heavy atom. The molecule has 1 aliphatic heterocycles. The molecular weight excluding hydrogens is 605 g/mol.